The lowest BCUT2D eigenvalue weighted by Gasteiger charge is -2.35. The summed E-state index contributed by atoms with van der Waals surface area (Å²) in [6.45, 7) is 8.94. The molecule has 48 heavy (non-hydrogen) atoms. The molecule has 0 spiro atoms. The number of amides is 2. The number of hydrogen-bond acceptors (Lipinski definition) is 13. The summed E-state index contributed by atoms with van der Waals surface area (Å²) in [5, 5.41) is 29.2. The highest BCUT2D eigenvalue weighted by Crippen LogP contribution is 2.36. The SMILES string of the molecule is COC(=O)c1ccc(NC/C=C/CNc2c(OCCCN3CCN(C(=O)OC(C)(C)C)CC3)cc(C(N)=O)cc2[N+](=O)[O-])c([N+](=O)[O-])c1. The first-order valence-electron chi connectivity index (χ1n) is 15.1. The van der Waals surface area contributed by atoms with Crippen molar-refractivity contribution < 1.29 is 38.4 Å². The molecule has 2 amide bonds. The summed E-state index contributed by atoms with van der Waals surface area (Å²) in [7, 11) is 1.18. The second kappa shape index (κ2) is 16.9. The molecule has 1 fully saturated rings. The molecule has 4 N–H and O–H groups in total. The summed E-state index contributed by atoms with van der Waals surface area (Å²) in [5.41, 5.74) is 4.34. The van der Waals surface area contributed by atoms with Crippen molar-refractivity contribution in [3.05, 3.63) is 73.8 Å². The van der Waals surface area contributed by atoms with Gasteiger partial charge in [0.1, 0.15) is 17.0 Å². The highest BCUT2D eigenvalue weighted by molar-refractivity contribution is 5.95. The number of nitrogens with two attached hydrogens (primary N) is 1. The van der Waals surface area contributed by atoms with Crippen molar-refractivity contribution in [2.45, 2.75) is 32.8 Å². The van der Waals surface area contributed by atoms with Crippen LogP contribution in [-0.2, 0) is 9.47 Å². The molecule has 17 nitrogen and oxygen atoms in total. The standard InChI is InChI=1S/C31H41N7O10/c1-31(2,3)48-30(41)36-15-13-35(14-16-36)12-7-17-47-26-20-22(28(32)39)19-25(38(44)45)27(26)34-11-6-5-10-33-23-9-8-21(29(40)46-4)18-24(23)37(42)43/h5-6,8-9,18-20,33-34H,7,10-17H2,1-4H3,(H2,32,39)/b6-5+. The van der Waals surface area contributed by atoms with Gasteiger partial charge < -0.3 is 35.5 Å². The Morgan fingerprint density at radius 1 is 0.938 bits per heavy atom. The lowest BCUT2D eigenvalue weighted by molar-refractivity contribution is -0.384. The number of rotatable bonds is 15. The number of hydrogen-bond donors (Lipinski definition) is 3. The Hall–Kier alpha value is -5.45. The van der Waals surface area contributed by atoms with Crippen molar-refractivity contribution in [1.29, 1.82) is 0 Å². The van der Waals surface area contributed by atoms with Crippen LogP contribution in [0.25, 0.3) is 0 Å². The molecule has 0 unspecified atom stereocenters. The van der Waals surface area contributed by atoms with E-state index >= 15 is 0 Å². The van der Waals surface area contributed by atoms with Crippen LogP contribution >= 0.6 is 0 Å². The highest BCUT2D eigenvalue weighted by Gasteiger charge is 2.26. The Morgan fingerprint density at radius 3 is 2.15 bits per heavy atom. The molecule has 2 aromatic carbocycles. The van der Waals surface area contributed by atoms with Gasteiger partial charge in [0.15, 0.2) is 5.69 Å². The molecule has 0 aromatic heterocycles. The predicted octanol–water partition coefficient (Wildman–Crippen LogP) is 3.79. The third-order valence-electron chi connectivity index (χ3n) is 7.05. The number of nitrogens with zero attached hydrogens (tertiary/aromatic N) is 4. The minimum absolute atomic E-state index is 0.0367. The summed E-state index contributed by atoms with van der Waals surface area (Å²) in [6, 6.07) is 6.33. The number of nitro benzene ring substituents is 2. The predicted molar refractivity (Wildman–Crippen MR) is 177 cm³/mol. The number of methoxy groups -OCH3 is 1. The number of benzene rings is 2. The van der Waals surface area contributed by atoms with E-state index in [1.165, 1.54) is 25.3 Å². The molecule has 1 aliphatic rings. The first kappa shape index (κ1) is 37.0. The maximum absolute atomic E-state index is 12.3. The minimum Gasteiger partial charge on any atom is -0.491 e. The average molecular weight is 672 g/mol. The normalized spacial score (nSPS) is 13.5. The Labute approximate surface area is 277 Å². The first-order valence-corrected chi connectivity index (χ1v) is 15.1. The number of carbonyl (C=O) groups is 3. The molecule has 0 bridgehead atoms. The molecule has 3 rings (SSSR count). The molecule has 0 saturated carbocycles. The molecule has 0 radical (unpaired) electrons. The fourth-order valence-electron chi connectivity index (χ4n) is 4.70. The number of nitro groups is 2. The number of carbonyl (C=O) groups excluding carboxylic acids is 3. The molecule has 0 aliphatic carbocycles. The van der Waals surface area contributed by atoms with E-state index < -0.39 is 33.0 Å². The van der Waals surface area contributed by atoms with Gasteiger partial charge in [0.05, 0.1) is 29.1 Å². The first-order chi connectivity index (χ1) is 22.7. The van der Waals surface area contributed by atoms with E-state index in [9.17, 15) is 34.6 Å². The van der Waals surface area contributed by atoms with Gasteiger partial charge in [-0.25, -0.2) is 9.59 Å². The van der Waals surface area contributed by atoms with Crippen LogP contribution in [0.1, 0.15) is 47.9 Å². The maximum Gasteiger partial charge on any atom is 0.410 e. The summed E-state index contributed by atoms with van der Waals surface area (Å²) in [4.78, 5) is 61.9. The lowest BCUT2D eigenvalue weighted by atomic mass is 10.1. The van der Waals surface area contributed by atoms with Crippen molar-refractivity contribution in [3.8, 4) is 5.75 Å². The Balaban J connectivity index is 1.59. The molecule has 1 aliphatic heterocycles. The molecular weight excluding hydrogens is 630 g/mol. The number of ether oxygens (including phenoxy) is 3. The maximum atomic E-state index is 12.3. The fraction of sp³-hybridized carbons (Fsp3) is 0.452. The van der Waals surface area contributed by atoms with Gasteiger partial charge in [-0.05, 0) is 45.4 Å². The zero-order valence-electron chi connectivity index (χ0n) is 27.4. The molecule has 17 heteroatoms. The Bertz CT molecular complexity index is 1530. The van der Waals surface area contributed by atoms with Crippen molar-refractivity contribution in [1.82, 2.24) is 9.80 Å². The fourth-order valence-corrected chi connectivity index (χ4v) is 4.70. The number of piperazine rings is 1. The van der Waals surface area contributed by atoms with Crippen LogP contribution in [0.15, 0.2) is 42.5 Å². The quantitative estimate of drug-likeness (QED) is 0.0807. The van der Waals surface area contributed by atoms with E-state index in [4.69, 9.17) is 15.2 Å². The van der Waals surface area contributed by atoms with Gasteiger partial charge in [-0.3, -0.25) is 29.9 Å². The van der Waals surface area contributed by atoms with E-state index in [-0.39, 0.29) is 59.7 Å². The molecular formula is C31H41N7O10. The number of esters is 1. The Kier molecular flexibility index (Phi) is 13.0. The van der Waals surface area contributed by atoms with Crippen LogP contribution in [0.3, 0.4) is 0 Å². The van der Waals surface area contributed by atoms with Crippen LogP contribution < -0.4 is 21.1 Å². The summed E-state index contributed by atoms with van der Waals surface area (Å²) in [6.07, 6.45) is 3.52. The van der Waals surface area contributed by atoms with E-state index in [2.05, 4.69) is 20.3 Å². The molecule has 0 atom stereocenters. The summed E-state index contributed by atoms with van der Waals surface area (Å²) in [5.74, 6) is -1.47. The highest BCUT2D eigenvalue weighted by atomic mass is 16.6. The molecule has 1 heterocycles. The smallest absolute Gasteiger partial charge is 0.410 e. The van der Waals surface area contributed by atoms with Crippen LogP contribution in [-0.4, -0.2) is 103 Å². The van der Waals surface area contributed by atoms with Gasteiger partial charge in [0, 0.05) is 63.5 Å². The lowest BCUT2D eigenvalue weighted by Crippen LogP contribution is -2.50. The molecule has 260 valence electrons. The molecule has 1 saturated heterocycles. The van der Waals surface area contributed by atoms with E-state index in [1.807, 2.05) is 20.8 Å². The number of primary amides is 1. The third-order valence-corrected chi connectivity index (χ3v) is 7.05. The monoisotopic (exact) mass is 671 g/mol. The number of nitrogens with one attached hydrogen (secondary N) is 2. The van der Waals surface area contributed by atoms with Crippen LogP contribution in [0, 0.1) is 20.2 Å². The van der Waals surface area contributed by atoms with Crippen molar-refractivity contribution >= 4 is 40.7 Å². The van der Waals surface area contributed by atoms with E-state index in [0.717, 1.165) is 12.1 Å². The number of anilines is 2. The summed E-state index contributed by atoms with van der Waals surface area (Å²) >= 11 is 0. The van der Waals surface area contributed by atoms with Gasteiger partial charge in [0.25, 0.3) is 11.4 Å². The van der Waals surface area contributed by atoms with Gasteiger partial charge in [0.2, 0.25) is 5.91 Å². The van der Waals surface area contributed by atoms with Crippen molar-refractivity contribution in [2.75, 3.05) is 70.2 Å². The largest absolute Gasteiger partial charge is 0.491 e. The molecule has 2 aromatic rings. The van der Waals surface area contributed by atoms with Gasteiger partial charge >= 0.3 is 12.1 Å². The zero-order valence-corrected chi connectivity index (χ0v) is 27.4. The van der Waals surface area contributed by atoms with Crippen molar-refractivity contribution in [2.24, 2.45) is 5.73 Å². The van der Waals surface area contributed by atoms with Crippen molar-refractivity contribution in [3.63, 3.8) is 0 Å². The second-order valence-electron chi connectivity index (χ2n) is 11.7. The van der Waals surface area contributed by atoms with Crippen LogP contribution in [0.4, 0.5) is 27.5 Å². The van der Waals surface area contributed by atoms with Gasteiger partial charge in [-0.1, -0.05) is 12.2 Å². The summed E-state index contributed by atoms with van der Waals surface area (Å²) < 4.78 is 16.0. The zero-order chi connectivity index (χ0) is 35.4. The van der Waals surface area contributed by atoms with Crippen LogP contribution in [0.2, 0.25) is 0 Å². The average Bonchev–Trinajstić information content (AvgIpc) is 3.03. The second-order valence-corrected chi connectivity index (χ2v) is 11.7. The van der Waals surface area contributed by atoms with E-state index in [1.54, 1.807) is 17.1 Å². The minimum atomic E-state index is -0.850. The van der Waals surface area contributed by atoms with Gasteiger partial charge in [-0.15, -0.1) is 0 Å². The Morgan fingerprint density at radius 2 is 1.56 bits per heavy atom. The van der Waals surface area contributed by atoms with Gasteiger partial charge in [-0.2, -0.15) is 0 Å². The third kappa shape index (κ3) is 10.8. The van der Waals surface area contributed by atoms with E-state index in [0.29, 0.717) is 39.1 Å². The van der Waals surface area contributed by atoms with Crippen LogP contribution in [0.5, 0.6) is 5.75 Å². The topological polar surface area (TPSA) is 222 Å².